The first-order valence-corrected chi connectivity index (χ1v) is 6.90. The van der Waals surface area contributed by atoms with Crippen LogP contribution in [0.4, 0.5) is 0 Å². The second kappa shape index (κ2) is 7.67. The van der Waals surface area contributed by atoms with Crippen LogP contribution in [0.25, 0.3) is 0 Å². The van der Waals surface area contributed by atoms with Gasteiger partial charge in [-0.2, -0.15) is 0 Å². The van der Waals surface area contributed by atoms with Gasteiger partial charge in [-0.3, -0.25) is 9.69 Å². The van der Waals surface area contributed by atoms with Crippen molar-refractivity contribution in [3.63, 3.8) is 0 Å². The van der Waals surface area contributed by atoms with Crippen molar-refractivity contribution in [1.82, 2.24) is 10.2 Å². The Morgan fingerprint density at radius 1 is 1.47 bits per heavy atom. The molecule has 0 spiro atoms. The van der Waals surface area contributed by atoms with Crippen LogP contribution in [-0.4, -0.2) is 43.0 Å². The molecule has 1 aliphatic heterocycles. The van der Waals surface area contributed by atoms with Crippen LogP contribution in [0.2, 0.25) is 0 Å². The molecular formula is C13H27N3O. The fraction of sp³-hybridized carbons (Fsp3) is 0.923. The molecular weight excluding hydrogens is 214 g/mol. The lowest BCUT2D eigenvalue weighted by molar-refractivity contribution is -0.126. The molecule has 0 aromatic carbocycles. The van der Waals surface area contributed by atoms with Crippen LogP contribution in [0.1, 0.15) is 39.5 Å². The number of unbranched alkanes of at least 4 members (excludes halogenated alkanes) is 1. The van der Waals surface area contributed by atoms with Crippen molar-refractivity contribution in [2.24, 2.45) is 11.7 Å². The Bertz CT molecular complexity index is 225. The van der Waals surface area contributed by atoms with Crippen LogP contribution in [-0.2, 0) is 4.79 Å². The van der Waals surface area contributed by atoms with Gasteiger partial charge < -0.3 is 11.1 Å². The number of nitrogens with zero attached hydrogens (tertiary/aromatic N) is 1. The van der Waals surface area contributed by atoms with Gasteiger partial charge in [0.25, 0.3) is 0 Å². The topological polar surface area (TPSA) is 58.4 Å². The molecule has 0 saturated carbocycles. The van der Waals surface area contributed by atoms with Gasteiger partial charge in [0.2, 0.25) is 5.91 Å². The zero-order valence-corrected chi connectivity index (χ0v) is 11.2. The Balaban J connectivity index is 2.27. The van der Waals surface area contributed by atoms with Crippen LogP contribution >= 0.6 is 0 Å². The SMILES string of the molecule is CCCCNC(=O)C(C)N1CCC(CN)CC1. The van der Waals surface area contributed by atoms with Crippen molar-refractivity contribution in [3.05, 3.63) is 0 Å². The van der Waals surface area contributed by atoms with Gasteiger partial charge in [-0.25, -0.2) is 0 Å². The van der Waals surface area contributed by atoms with E-state index >= 15 is 0 Å². The van der Waals surface area contributed by atoms with Gasteiger partial charge in [0.15, 0.2) is 0 Å². The van der Waals surface area contributed by atoms with Crippen molar-refractivity contribution in [2.75, 3.05) is 26.2 Å². The molecule has 0 aliphatic carbocycles. The van der Waals surface area contributed by atoms with Gasteiger partial charge in [-0.05, 0) is 51.7 Å². The van der Waals surface area contributed by atoms with Gasteiger partial charge in [0.05, 0.1) is 6.04 Å². The van der Waals surface area contributed by atoms with E-state index < -0.39 is 0 Å². The molecule has 1 heterocycles. The molecule has 1 unspecified atom stereocenters. The monoisotopic (exact) mass is 241 g/mol. The van der Waals surface area contributed by atoms with Crippen LogP contribution in [0.3, 0.4) is 0 Å². The van der Waals surface area contributed by atoms with Crippen LogP contribution in [0.15, 0.2) is 0 Å². The third kappa shape index (κ3) is 4.64. The Labute approximate surface area is 105 Å². The highest BCUT2D eigenvalue weighted by atomic mass is 16.2. The summed E-state index contributed by atoms with van der Waals surface area (Å²) >= 11 is 0. The number of nitrogens with one attached hydrogen (secondary N) is 1. The lowest BCUT2D eigenvalue weighted by Crippen LogP contribution is -2.49. The first kappa shape index (κ1) is 14.5. The van der Waals surface area contributed by atoms with E-state index in [4.69, 9.17) is 5.73 Å². The fourth-order valence-electron chi connectivity index (χ4n) is 2.28. The smallest absolute Gasteiger partial charge is 0.237 e. The van der Waals surface area contributed by atoms with Gasteiger partial charge in [-0.15, -0.1) is 0 Å². The molecule has 3 N–H and O–H groups in total. The molecule has 1 aliphatic rings. The van der Waals surface area contributed by atoms with Crippen molar-refractivity contribution >= 4 is 5.91 Å². The van der Waals surface area contributed by atoms with E-state index in [9.17, 15) is 4.79 Å². The Hall–Kier alpha value is -0.610. The van der Waals surface area contributed by atoms with Crippen LogP contribution in [0, 0.1) is 5.92 Å². The molecule has 1 fully saturated rings. The minimum Gasteiger partial charge on any atom is -0.355 e. The Morgan fingerprint density at radius 3 is 2.65 bits per heavy atom. The van der Waals surface area contributed by atoms with E-state index in [1.165, 1.54) is 0 Å². The van der Waals surface area contributed by atoms with E-state index in [0.717, 1.165) is 51.9 Å². The highest BCUT2D eigenvalue weighted by Gasteiger charge is 2.25. The molecule has 100 valence electrons. The predicted octanol–water partition coefficient (Wildman–Crippen LogP) is 0.962. The Morgan fingerprint density at radius 2 is 2.12 bits per heavy atom. The predicted molar refractivity (Wildman–Crippen MR) is 70.7 cm³/mol. The summed E-state index contributed by atoms with van der Waals surface area (Å²) in [6, 6.07) is 0.00517. The summed E-state index contributed by atoms with van der Waals surface area (Å²) < 4.78 is 0. The van der Waals surface area contributed by atoms with Crippen molar-refractivity contribution < 1.29 is 4.79 Å². The molecule has 17 heavy (non-hydrogen) atoms. The number of nitrogens with two attached hydrogens (primary N) is 1. The summed E-state index contributed by atoms with van der Waals surface area (Å²) in [4.78, 5) is 14.2. The molecule has 0 aromatic rings. The van der Waals surface area contributed by atoms with E-state index in [1.54, 1.807) is 0 Å². The third-order valence-corrected chi connectivity index (χ3v) is 3.74. The molecule has 4 nitrogen and oxygen atoms in total. The minimum absolute atomic E-state index is 0.00517. The average Bonchev–Trinajstić information content (AvgIpc) is 2.38. The number of carbonyl (C=O) groups excluding carboxylic acids is 1. The maximum atomic E-state index is 11.9. The Kier molecular flexibility index (Phi) is 6.52. The standard InChI is InChI=1S/C13H27N3O/c1-3-4-7-15-13(17)11(2)16-8-5-12(10-14)6-9-16/h11-12H,3-10,14H2,1-2H3,(H,15,17). The summed E-state index contributed by atoms with van der Waals surface area (Å²) in [7, 11) is 0. The number of hydrogen-bond acceptors (Lipinski definition) is 3. The largest absolute Gasteiger partial charge is 0.355 e. The number of carbonyl (C=O) groups is 1. The fourth-order valence-corrected chi connectivity index (χ4v) is 2.28. The maximum Gasteiger partial charge on any atom is 0.237 e. The molecule has 0 bridgehead atoms. The minimum atomic E-state index is 0.00517. The van der Waals surface area contributed by atoms with Crippen LogP contribution in [0.5, 0.6) is 0 Å². The molecule has 4 heteroatoms. The highest BCUT2D eigenvalue weighted by Crippen LogP contribution is 2.17. The normalized spacial score (nSPS) is 20.2. The molecule has 0 radical (unpaired) electrons. The number of likely N-dealkylation sites (tertiary alicyclic amines) is 1. The van der Waals surface area contributed by atoms with E-state index in [1.807, 2.05) is 6.92 Å². The van der Waals surface area contributed by atoms with Gasteiger partial charge in [-0.1, -0.05) is 13.3 Å². The van der Waals surface area contributed by atoms with Crippen molar-refractivity contribution in [2.45, 2.75) is 45.6 Å². The number of amides is 1. The number of rotatable bonds is 6. The average molecular weight is 241 g/mol. The molecule has 1 rings (SSSR count). The third-order valence-electron chi connectivity index (χ3n) is 3.74. The molecule has 1 saturated heterocycles. The zero-order chi connectivity index (χ0) is 12.7. The lowest BCUT2D eigenvalue weighted by atomic mass is 9.96. The summed E-state index contributed by atoms with van der Waals surface area (Å²) in [6.07, 6.45) is 4.44. The van der Waals surface area contributed by atoms with Crippen LogP contribution < -0.4 is 11.1 Å². The van der Waals surface area contributed by atoms with E-state index in [2.05, 4.69) is 17.1 Å². The summed E-state index contributed by atoms with van der Waals surface area (Å²) in [6.45, 7) is 7.73. The first-order valence-electron chi connectivity index (χ1n) is 6.90. The lowest BCUT2D eigenvalue weighted by Gasteiger charge is -2.34. The first-order chi connectivity index (χ1) is 8.19. The molecule has 1 atom stereocenters. The summed E-state index contributed by atoms with van der Waals surface area (Å²) in [5.41, 5.74) is 5.67. The second-order valence-electron chi connectivity index (χ2n) is 5.04. The molecule has 0 aromatic heterocycles. The van der Waals surface area contributed by atoms with Gasteiger partial charge >= 0.3 is 0 Å². The van der Waals surface area contributed by atoms with Crippen molar-refractivity contribution in [3.8, 4) is 0 Å². The zero-order valence-electron chi connectivity index (χ0n) is 11.2. The number of piperidine rings is 1. The highest BCUT2D eigenvalue weighted by molar-refractivity contribution is 5.81. The van der Waals surface area contributed by atoms with Gasteiger partial charge in [0, 0.05) is 6.54 Å². The number of hydrogen-bond donors (Lipinski definition) is 2. The van der Waals surface area contributed by atoms with Crippen molar-refractivity contribution in [1.29, 1.82) is 0 Å². The summed E-state index contributed by atoms with van der Waals surface area (Å²) in [5.74, 6) is 0.825. The second-order valence-corrected chi connectivity index (χ2v) is 5.04. The quantitative estimate of drug-likeness (QED) is 0.681. The van der Waals surface area contributed by atoms with E-state index in [0.29, 0.717) is 5.92 Å². The van der Waals surface area contributed by atoms with Gasteiger partial charge in [0.1, 0.15) is 0 Å². The maximum absolute atomic E-state index is 11.9. The summed E-state index contributed by atoms with van der Waals surface area (Å²) in [5, 5.41) is 3.00. The molecule has 1 amide bonds. The van der Waals surface area contributed by atoms with E-state index in [-0.39, 0.29) is 11.9 Å².